The normalized spacial score (nSPS) is 14.2. The minimum atomic E-state index is -0.743. The number of methoxy groups -OCH3 is 2. The summed E-state index contributed by atoms with van der Waals surface area (Å²) in [5, 5.41) is 2.54. The van der Waals surface area contributed by atoms with Crippen molar-refractivity contribution < 1.29 is 23.9 Å². The smallest absolute Gasteiger partial charge is 0.314 e. The van der Waals surface area contributed by atoms with E-state index >= 15 is 0 Å². The van der Waals surface area contributed by atoms with Crippen LogP contribution >= 0.6 is 0 Å². The number of anilines is 1. The Bertz CT molecular complexity index is 597. The minimum absolute atomic E-state index is 0.338. The van der Waals surface area contributed by atoms with Gasteiger partial charge in [-0.2, -0.15) is 0 Å². The van der Waals surface area contributed by atoms with Crippen molar-refractivity contribution in [2.75, 3.05) is 45.7 Å². The number of hydrogen-bond acceptors (Lipinski definition) is 5. The summed E-state index contributed by atoms with van der Waals surface area (Å²) < 4.78 is 10.3. The molecule has 0 spiro atoms. The molecule has 0 bridgehead atoms. The average molecular weight is 321 g/mol. The zero-order valence-electron chi connectivity index (χ0n) is 13.1. The van der Waals surface area contributed by atoms with E-state index in [0.717, 1.165) is 6.41 Å². The molecule has 2 rings (SSSR count). The van der Waals surface area contributed by atoms with Crippen molar-refractivity contribution in [3.05, 3.63) is 18.2 Å². The Morgan fingerprint density at radius 3 is 2.39 bits per heavy atom. The van der Waals surface area contributed by atoms with Gasteiger partial charge in [-0.1, -0.05) is 0 Å². The molecule has 0 aliphatic carbocycles. The van der Waals surface area contributed by atoms with E-state index in [1.165, 1.54) is 19.1 Å². The topological polar surface area (TPSA) is 88.2 Å². The largest absolute Gasteiger partial charge is 0.497 e. The summed E-state index contributed by atoms with van der Waals surface area (Å²) in [4.78, 5) is 37.9. The molecular formula is C15H19N3O5. The Labute approximate surface area is 133 Å². The monoisotopic (exact) mass is 321 g/mol. The van der Waals surface area contributed by atoms with Gasteiger partial charge >= 0.3 is 11.8 Å². The summed E-state index contributed by atoms with van der Waals surface area (Å²) >= 11 is 0. The highest BCUT2D eigenvalue weighted by Gasteiger charge is 2.26. The number of nitrogens with zero attached hydrogens (tertiary/aromatic N) is 2. The fraction of sp³-hybridized carbons (Fsp3) is 0.400. The van der Waals surface area contributed by atoms with Gasteiger partial charge in [-0.25, -0.2) is 0 Å². The third-order valence-corrected chi connectivity index (χ3v) is 3.60. The molecule has 0 unspecified atom stereocenters. The highest BCUT2D eigenvalue weighted by Crippen LogP contribution is 2.29. The first-order chi connectivity index (χ1) is 11.1. The van der Waals surface area contributed by atoms with E-state index in [1.54, 1.807) is 23.1 Å². The maximum atomic E-state index is 12.2. The lowest BCUT2D eigenvalue weighted by atomic mass is 10.2. The molecule has 124 valence electrons. The first kappa shape index (κ1) is 16.6. The van der Waals surface area contributed by atoms with E-state index in [2.05, 4.69) is 5.32 Å². The minimum Gasteiger partial charge on any atom is -0.497 e. The van der Waals surface area contributed by atoms with Crippen LogP contribution in [0.3, 0.4) is 0 Å². The van der Waals surface area contributed by atoms with Gasteiger partial charge in [0.05, 0.1) is 19.9 Å². The van der Waals surface area contributed by atoms with E-state index in [-0.39, 0.29) is 0 Å². The van der Waals surface area contributed by atoms with Gasteiger partial charge in [-0.3, -0.25) is 14.4 Å². The molecule has 0 atom stereocenters. The van der Waals surface area contributed by atoms with Gasteiger partial charge in [-0.15, -0.1) is 0 Å². The fourth-order valence-corrected chi connectivity index (χ4v) is 2.25. The van der Waals surface area contributed by atoms with Gasteiger partial charge in [0.15, 0.2) is 0 Å². The van der Waals surface area contributed by atoms with E-state index in [9.17, 15) is 14.4 Å². The lowest BCUT2D eigenvalue weighted by molar-refractivity contribution is -0.144. The van der Waals surface area contributed by atoms with Gasteiger partial charge in [0.2, 0.25) is 6.41 Å². The average Bonchev–Trinajstić information content (AvgIpc) is 2.61. The molecule has 1 saturated heterocycles. The summed E-state index contributed by atoms with van der Waals surface area (Å²) in [5.41, 5.74) is 0.387. The van der Waals surface area contributed by atoms with Crippen molar-refractivity contribution in [1.82, 2.24) is 9.80 Å². The molecule has 1 N–H and O–H groups in total. The van der Waals surface area contributed by atoms with Crippen molar-refractivity contribution in [1.29, 1.82) is 0 Å². The SMILES string of the molecule is COc1ccc(NC(=O)C(=O)N2CCN(C=O)CC2)c(OC)c1. The van der Waals surface area contributed by atoms with Crippen molar-refractivity contribution in [2.45, 2.75) is 0 Å². The summed E-state index contributed by atoms with van der Waals surface area (Å²) in [7, 11) is 2.99. The molecule has 1 heterocycles. The highest BCUT2D eigenvalue weighted by atomic mass is 16.5. The molecular weight excluding hydrogens is 302 g/mol. The first-order valence-corrected chi connectivity index (χ1v) is 7.10. The molecule has 0 radical (unpaired) electrons. The molecule has 1 aromatic carbocycles. The molecule has 3 amide bonds. The Kier molecular flexibility index (Phi) is 5.40. The van der Waals surface area contributed by atoms with Crippen LogP contribution in [0.4, 0.5) is 5.69 Å². The van der Waals surface area contributed by atoms with Crippen LogP contribution in [-0.4, -0.2) is 68.4 Å². The summed E-state index contributed by atoms with van der Waals surface area (Å²) in [6.45, 7) is 1.53. The Morgan fingerprint density at radius 2 is 1.83 bits per heavy atom. The van der Waals surface area contributed by atoms with Gasteiger partial charge in [0, 0.05) is 32.2 Å². The van der Waals surface area contributed by atoms with Crippen LogP contribution in [0, 0.1) is 0 Å². The summed E-state index contributed by atoms with van der Waals surface area (Å²) in [6, 6.07) is 4.88. The molecule has 8 heteroatoms. The summed E-state index contributed by atoms with van der Waals surface area (Å²) in [5.74, 6) is -0.395. The van der Waals surface area contributed by atoms with E-state index in [1.807, 2.05) is 0 Å². The Balaban J connectivity index is 2.01. The van der Waals surface area contributed by atoms with Crippen LogP contribution in [0.1, 0.15) is 0 Å². The van der Waals surface area contributed by atoms with Gasteiger partial charge in [0.25, 0.3) is 0 Å². The van der Waals surface area contributed by atoms with E-state index in [4.69, 9.17) is 9.47 Å². The lowest BCUT2D eigenvalue weighted by Crippen LogP contribution is -2.51. The van der Waals surface area contributed by atoms with Crippen LogP contribution in [0.25, 0.3) is 0 Å². The molecule has 1 aromatic rings. The highest BCUT2D eigenvalue weighted by molar-refractivity contribution is 6.39. The number of nitrogens with one attached hydrogen (secondary N) is 1. The zero-order valence-corrected chi connectivity index (χ0v) is 13.1. The van der Waals surface area contributed by atoms with Crippen molar-refractivity contribution in [2.24, 2.45) is 0 Å². The van der Waals surface area contributed by atoms with Crippen molar-refractivity contribution in [3.8, 4) is 11.5 Å². The van der Waals surface area contributed by atoms with Crippen molar-refractivity contribution in [3.63, 3.8) is 0 Å². The number of carbonyl (C=O) groups is 3. The first-order valence-electron chi connectivity index (χ1n) is 7.10. The van der Waals surface area contributed by atoms with Crippen molar-refractivity contribution >= 4 is 23.9 Å². The van der Waals surface area contributed by atoms with Gasteiger partial charge < -0.3 is 24.6 Å². The number of amides is 3. The quantitative estimate of drug-likeness (QED) is 0.620. The number of ether oxygens (including phenoxy) is 2. The van der Waals surface area contributed by atoms with E-state index in [0.29, 0.717) is 43.4 Å². The van der Waals surface area contributed by atoms with Crippen LogP contribution in [0.2, 0.25) is 0 Å². The molecule has 1 fully saturated rings. The molecule has 1 aliphatic rings. The second kappa shape index (κ2) is 7.48. The van der Waals surface area contributed by atoms with Crippen LogP contribution in [0.15, 0.2) is 18.2 Å². The maximum Gasteiger partial charge on any atom is 0.314 e. The maximum absolute atomic E-state index is 12.2. The molecule has 0 saturated carbocycles. The molecule has 0 aromatic heterocycles. The van der Waals surface area contributed by atoms with Crippen LogP contribution in [0.5, 0.6) is 11.5 Å². The predicted molar refractivity (Wildman–Crippen MR) is 82.4 cm³/mol. The second-order valence-corrected chi connectivity index (χ2v) is 4.95. The second-order valence-electron chi connectivity index (χ2n) is 4.95. The van der Waals surface area contributed by atoms with Gasteiger partial charge in [0.1, 0.15) is 11.5 Å². The zero-order chi connectivity index (χ0) is 16.8. The Morgan fingerprint density at radius 1 is 1.13 bits per heavy atom. The number of benzene rings is 1. The molecule has 8 nitrogen and oxygen atoms in total. The third-order valence-electron chi connectivity index (χ3n) is 3.60. The van der Waals surface area contributed by atoms with Gasteiger partial charge in [-0.05, 0) is 12.1 Å². The third kappa shape index (κ3) is 3.91. The molecule has 1 aliphatic heterocycles. The van der Waals surface area contributed by atoms with Crippen LogP contribution < -0.4 is 14.8 Å². The number of carbonyl (C=O) groups excluding carboxylic acids is 3. The Hall–Kier alpha value is -2.77. The fourth-order valence-electron chi connectivity index (χ4n) is 2.25. The number of rotatable bonds is 4. The molecule has 23 heavy (non-hydrogen) atoms. The number of piperazine rings is 1. The summed E-state index contributed by atoms with van der Waals surface area (Å²) in [6.07, 6.45) is 0.740. The predicted octanol–water partition coefficient (Wildman–Crippen LogP) is -0.0571. The standard InChI is InChI=1S/C15H19N3O5/c1-22-11-3-4-12(13(9-11)23-2)16-14(20)15(21)18-7-5-17(10-19)6-8-18/h3-4,9-10H,5-8H2,1-2H3,(H,16,20). The lowest BCUT2D eigenvalue weighted by Gasteiger charge is -2.32. The number of hydrogen-bond donors (Lipinski definition) is 1. The van der Waals surface area contributed by atoms with E-state index < -0.39 is 11.8 Å². The van der Waals surface area contributed by atoms with Crippen LogP contribution in [-0.2, 0) is 14.4 Å².